The summed E-state index contributed by atoms with van der Waals surface area (Å²) in [6.07, 6.45) is -3.65. The second-order valence-electron chi connectivity index (χ2n) is 6.38. The van der Waals surface area contributed by atoms with Gasteiger partial charge in [0.1, 0.15) is 4.88 Å². The number of nitrogens with zero attached hydrogens (tertiary/aromatic N) is 1. The molecule has 2 fully saturated rings. The maximum absolute atomic E-state index is 12.9. The second-order valence-corrected chi connectivity index (χ2v) is 7.81. The van der Waals surface area contributed by atoms with Gasteiger partial charge in [0, 0.05) is 23.2 Å². The maximum atomic E-state index is 12.9. The fraction of sp³-hybridized carbons (Fsp3) is 0.438. The van der Waals surface area contributed by atoms with Crippen LogP contribution in [0.3, 0.4) is 0 Å². The molecule has 134 valence electrons. The van der Waals surface area contributed by atoms with E-state index in [1.165, 1.54) is 6.07 Å². The third kappa shape index (κ3) is 2.91. The minimum Gasteiger partial charge on any atom is -0.364 e. The largest absolute Gasteiger partial charge is 0.416 e. The quantitative estimate of drug-likeness (QED) is 0.806. The number of benzene rings is 1. The standard InChI is InChI=1S/C16H14ClF3N2O2S/c17-12-10-2-1-9(16(18,19)20)5-11(10)25-13(12)14(23)22-4-3-15(6-22)7-24-8-21-15/h1-2,5,21H,3-4,6-8H2. The number of alkyl halides is 3. The van der Waals surface area contributed by atoms with Crippen molar-refractivity contribution >= 4 is 38.9 Å². The highest BCUT2D eigenvalue weighted by Crippen LogP contribution is 2.40. The zero-order valence-electron chi connectivity index (χ0n) is 13.0. The number of fused-ring (bicyclic) bond motifs is 1. The van der Waals surface area contributed by atoms with Gasteiger partial charge in [0.2, 0.25) is 0 Å². The molecule has 1 aromatic carbocycles. The van der Waals surface area contributed by atoms with Crippen LogP contribution < -0.4 is 5.32 Å². The van der Waals surface area contributed by atoms with Crippen molar-refractivity contribution in [1.82, 2.24) is 10.2 Å². The zero-order valence-corrected chi connectivity index (χ0v) is 14.5. The number of nitrogens with one attached hydrogen (secondary N) is 1. The highest BCUT2D eigenvalue weighted by atomic mass is 35.5. The smallest absolute Gasteiger partial charge is 0.364 e. The first-order valence-corrected chi connectivity index (χ1v) is 8.90. The number of halogens is 4. The molecule has 1 amide bonds. The maximum Gasteiger partial charge on any atom is 0.416 e. The predicted molar refractivity (Wildman–Crippen MR) is 89.0 cm³/mol. The summed E-state index contributed by atoms with van der Waals surface area (Å²) in [5, 5.41) is 3.95. The Labute approximate surface area is 150 Å². The van der Waals surface area contributed by atoms with Gasteiger partial charge in [0.15, 0.2) is 0 Å². The lowest BCUT2D eigenvalue weighted by molar-refractivity contribution is -0.137. The summed E-state index contributed by atoms with van der Waals surface area (Å²) < 4.78 is 44.3. The van der Waals surface area contributed by atoms with Crippen LogP contribution in [0.2, 0.25) is 5.02 Å². The molecule has 2 aliphatic rings. The molecule has 2 aromatic rings. The van der Waals surface area contributed by atoms with E-state index in [0.29, 0.717) is 36.5 Å². The fourth-order valence-corrected chi connectivity index (χ4v) is 4.85. The second kappa shape index (κ2) is 5.84. The molecule has 0 saturated carbocycles. The Hall–Kier alpha value is -1.35. The van der Waals surface area contributed by atoms with Gasteiger partial charge in [0.25, 0.3) is 5.91 Å². The molecule has 1 unspecified atom stereocenters. The fourth-order valence-electron chi connectivity index (χ4n) is 3.33. The molecule has 1 spiro atoms. The molecular weight excluding hydrogens is 377 g/mol. The number of hydrogen-bond donors (Lipinski definition) is 1. The first kappa shape index (κ1) is 17.1. The van der Waals surface area contributed by atoms with Crippen molar-refractivity contribution in [2.75, 3.05) is 26.4 Å². The first-order chi connectivity index (χ1) is 11.8. The molecule has 1 aromatic heterocycles. The summed E-state index contributed by atoms with van der Waals surface area (Å²) in [4.78, 5) is 14.8. The molecule has 25 heavy (non-hydrogen) atoms. The van der Waals surface area contributed by atoms with Crippen molar-refractivity contribution in [3.05, 3.63) is 33.7 Å². The molecule has 2 saturated heterocycles. The third-order valence-corrected chi connectivity index (χ3v) is 6.36. The molecule has 1 atom stereocenters. The van der Waals surface area contributed by atoms with Crippen LogP contribution in [0, 0.1) is 0 Å². The summed E-state index contributed by atoms with van der Waals surface area (Å²) in [7, 11) is 0. The van der Waals surface area contributed by atoms with E-state index in [0.717, 1.165) is 29.9 Å². The number of ether oxygens (including phenoxy) is 1. The van der Waals surface area contributed by atoms with E-state index < -0.39 is 11.7 Å². The number of thiophene rings is 1. The SMILES string of the molecule is O=C(c1sc2cc(C(F)(F)F)ccc2c1Cl)N1CCC2(COCN2)C1. The van der Waals surface area contributed by atoms with Gasteiger partial charge < -0.3 is 9.64 Å². The predicted octanol–water partition coefficient (Wildman–Crippen LogP) is 3.74. The normalized spacial score (nSPS) is 23.9. The Balaban J connectivity index is 1.65. The van der Waals surface area contributed by atoms with Gasteiger partial charge in [-0.15, -0.1) is 11.3 Å². The van der Waals surface area contributed by atoms with Gasteiger partial charge in [-0.3, -0.25) is 10.1 Å². The van der Waals surface area contributed by atoms with Crippen LogP contribution in [0.25, 0.3) is 10.1 Å². The van der Waals surface area contributed by atoms with Gasteiger partial charge in [-0.2, -0.15) is 13.2 Å². The van der Waals surface area contributed by atoms with Gasteiger partial charge in [-0.25, -0.2) is 0 Å². The molecule has 0 bridgehead atoms. The summed E-state index contributed by atoms with van der Waals surface area (Å²) in [6, 6.07) is 3.35. The summed E-state index contributed by atoms with van der Waals surface area (Å²) in [5.74, 6) is -0.245. The average Bonchev–Trinajstić information content (AvgIpc) is 3.27. The zero-order chi connectivity index (χ0) is 17.8. The van der Waals surface area contributed by atoms with Crippen LogP contribution in [0.4, 0.5) is 13.2 Å². The van der Waals surface area contributed by atoms with Crippen LogP contribution in [-0.2, 0) is 10.9 Å². The Morgan fingerprint density at radius 2 is 2.20 bits per heavy atom. The van der Waals surface area contributed by atoms with Crippen molar-refractivity contribution in [3.8, 4) is 0 Å². The highest BCUT2D eigenvalue weighted by Gasteiger charge is 2.43. The molecule has 2 aliphatic heterocycles. The number of carbonyl (C=O) groups is 1. The minimum absolute atomic E-state index is 0.218. The van der Waals surface area contributed by atoms with Crippen molar-refractivity contribution in [2.45, 2.75) is 18.1 Å². The molecule has 4 nitrogen and oxygen atoms in total. The third-order valence-electron chi connectivity index (χ3n) is 4.72. The van der Waals surface area contributed by atoms with Gasteiger partial charge in [0.05, 0.1) is 29.5 Å². The number of carbonyl (C=O) groups excluding carboxylic acids is 1. The molecule has 0 aliphatic carbocycles. The summed E-state index contributed by atoms with van der Waals surface area (Å²) >= 11 is 7.29. The average molecular weight is 391 g/mol. The van der Waals surface area contributed by atoms with Crippen molar-refractivity contribution < 1.29 is 22.7 Å². The molecule has 9 heteroatoms. The lowest BCUT2D eigenvalue weighted by Crippen LogP contribution is -2.45. The van der Waals surface area contributed by atoms with Gasteiger partial charge in [-0.05, 0) is 18.6 Å². The van der Waals surface area contributed by atoms with Crippen LogP contribution in [0.5, 0.6) is 0 Å². The van der Waals surface area contributed by atoms with E-state index >= 15 is 0 Å². The van der Waals surface area contributed by atoms with Gasteiger partial charge in [-0.1, -0.05) is 17.7 Å². The van der Waals surface area contributed by atoms with Crippen LogP contribution in [-0.4, -0.2) is 42.8 Å². The van der Waals surface area contributed by atoms with E-state index in [4.69, 9.17) is 16.3 Å². The summed E-state index contributed by atoms with van der Waals surface area (Å²) in [6.45, 7) is 2.08. The van der Waals surface area contributed by atoms with Gasteiger partial charge >= 0.3 is 6.18 Å². The Bertz CT molecular complexity index is 846. The van der Waals surface area contributed by atoms with Crippen LogP contribution in [0.1, 0.15) is 21.7 Å². The Morgan fingerprint density at radius 3 is 2.88 bits per heavy atom. The van der Waals surface area contributed by atoms with E-state index in [-0.39, 0.29) is 21.3 Å². The Morgan fingerprint density at radius 1 is 1.40 bits per heavy atom. The van der Waals surface area contributed by atoms with Crippen molar-refractivity contribution in [1.29, 1.82) is 0 Å². The van der Waals surface area contributed by atoms with E-state index in [2.05, 4.69) is 5.32 Å². The van der Waals surface area contributed by atoms with Crippen LogP contribution in [0.15, 0.2) is 18.2 Å². The Kier molecular flexibility index (Phi) is 3.99. The van der Waals surface area contributed by atoms with Crippen molar-refractivity contribution in [3.63, 3.8) is 0 Å². The molecular formula is C16H14ClF3N2O2S. The van der Waals surface area contributed by atoms with Crippen molar-refractivity contribution in [2.24, 2.45) is 0 Å². The van der Waals surface area contributed by atoms with E-state index in [1.807, 2.05) is 0 Å². The molecule has 3 heterocycles. The number of likely N-dealkylation sites (tertiary alicyclic amines) is 1. The number of amides is 1. The monoisotopic (exact) mass is 390 g/mol. The molecule has 0 radical (unpaired) electrons. The minimum atomic E-state index is -4.43. The van der Waals surface area contributed by atoms with E-state index in [9.17, 15) is 18.0 Å². The summed E-state index contributed by atoms with van der Waals surface area (Å²) in [5.41, 5.74) is -0.966. The lowest BCUT2D eigenvalue weighted by atomic mass is 10.0. The van der Waals surface area contributed by atoms with Crippen LogP contribution >= 0.6 is 22.9 Å². The number of rotatable bonds is 1. The molecule has 1 N–H and O–H groups in total. The molecule has 4 rings (SSSR count). The first-order valence-electron chi connectivity index (χ1n) is 7.70. The highest BCUT2D eigenvalue weighted by molar-refractivity contribution is 7.21. The topological polar surface area (TPSA) is 41.6 Å². The lowest BCUT2D eigenvalue weighted by Gasteiger charge is -2.22. The van der Waals surface area contributed by atoms with E-state index in [1.54, 1.807) is 4.90 Å². The number of hydrogen-bond acceptors (Lipinski definition) is 4.